The summed E-state index contributed by atoms with van der Waals surface area (Å²) in [6, 6.07) is 16.1. The summed E-state index contributed by atoms with van der Waals surface area (Å²) in [5.41, 5.74) is 4.26. The van der Waals surface area contributed by atoms with Crippen molar-refractivity contribution in [3.63, 3.8) is 0 Å². The number of hydrogen-bond donors (Lipinski definition) is 2. The van der Waals surface area contributed by atoms with Crippen molar-refractivity contribution in [3.8, 4) is 11.1 Å². The minimum atomic E-state index is -0.0918. The number of nitrogens with one attached hydrogen (secondary N) is 2. The summed E-state index contributed by atoms with van der Waals surface area (Å²) >= 11 is 7.52. The number of hydrogen-bond acceptors (Lipinski definition) is 4. The van der Waals surface area contributed by atoms with Crippen LogP contribution in [-0.4, -0.2) is 9.97 Å². The van der Waals surface area contributed by atoms with Crippen LogP contribution in [0, 0.1) is 13.8 Å². The van der Waals surface area contributed by atoms with Gasteiger partial charge in [0.05, 0.1) is 11.9 Å². The first-order valence-corrected chi connectivity index (χ1v) is 10.7. The molecule has 2 aromatic carbocycles. The predicted molar refractivity (Wildman–Crippen MR) is 122 cm³/mol. The van der Waals surface area contributed by atoms with Crippen molar-refractivity contribution in [2.75, 3.05) is 0 Å². The Morgan fingerprint density at radius 3 is 2.48 bits per heavy atom. The van der Waals surface area contributed by atoms with Crippen LogP contribution in [0.3, 0.4) is 0 Å². The fourth-order valence-corrected chi connectivity index (χ4v) is 4.62. The van der Waals surface area contributed by atoms with E-state index < -0.39 is 0 Å². The number of aromatic amines is 1. The van der Waals surface area contributed by atoms with E-state index in [-0.39, 0.29) is 11.6 Å². The fourth-order valence-electron chi connectivity index (χ4n) is 3.43. The molecule has 2 N–H and O–H groups in total. The maximum absolute atomic E-state index is 12.9. The van der Waals surface area contributed by atoms with Crippen LogP contribution in [0.2, 0.25) is 5.02 Å². The third kappa shape index (κ3) is 4.13. The van der Waals surface area contributed by atoms with Gasteiger partial charge in [-0.2, -0.15) is 0 Å². The van der Waals surface area contributed by atoms with E-state index in [9.17, 15) is 4.79 Å². The fraction of sp³-hybridized carbons (Fsp3) is 0.217. The number of aromatic nitrogens is 2. The zero-order valence-corrected chi connectivity index (χ0v) is 18.1. The maximum atomic E-state index is 12.9. The van der Waals surface area contributed by atoms with Gasteiger partial charge in [-0.05, 0) is 44.0 Å². The third-order valence-corrected chi connectivity index (χ3v) is 6.32. The molecule has 6 heteroatoms. The van der Waals surface area contributed by atoms with E-state index in [0.717, 1.165) is 31.4 Å². The van der Waals surface area contributed by atoms with Crippen molar-refractivity contribution in [2.45, 2.75) is 33.4 Å². The summed E-state index contributed by atoms with van der Waals surface area (Å²) in [6.07, 6.45) is 0. The van der Waals surface area contributed by atoms with Gasteiger partial charge in [0.15, 0.2) is 0 Å². The Morgan fingerprint density at radius 2 is 1.79 bits per heavy atom. The lowest BCUT2D eigenvalue weighted by Gasteiger charge is -2.14. The van der Waals surface area contributed by atoms with E-state index in [4.69, 9.17) is 16.6 Å². The first-order valence-electron chi connectivity index (χ1n) is 9.50. The summed E-state index contributed by atoms with van der Waals surface area (Å²) in [6.45, 7) is 6.65. The van der Waals surface area contributed by atoms with Crippen molar-refractivity contribution in [1.82, 2.24) is 15.3 Å². The smallest absolute Gasteiger partial charge is 0.260 e. The topological polar surface area (TPSA) is 57.8 Å². The van der Waals surface area contributed by atoms with Gasteiger partial charge in [-0.3, -0.25) is 4.79 Å². The van der Waals surface area contributed by atoms with Crippen molar-refractivity contribution in [3.05, 3.63) is 85.7 Å². The van der Waals surface area contributed by atoms with E-state index in [2.05, 4.69) is 48.4 Å². The molecule has 4 rings (SSSR count). The second-order valence-electron chi connectivity index (χ2n) is 7.25. The minimum Gasteiger partial charge on any atom is -0.309 e. The Morgan fingerprint density at radius 1 is 1.10 bits per heavy atom. The zero-order chi connectivity index (χ0) is 20.5. The van der Waals surface area contributed by atoms with Crippen LogP contribution in [0.5, 0.6) is 0 Å². The molecule has 0 aliphatic carbocycles. The molecule has 2 aromatic heterocycles. The first-order chi connectivity index (χ1) is 13.9. The molecule has 0 radical (unpaired) electrons. The van der Waals surface area contributed by atoms with E-state index in [0.29, 0.717) is 17.8 Å². The average molecular weight is 424 g/mol. The standard InChI is InChI=1S/C23H22ClN3OS/c1-13-4-6-17(7-5-13)20-15(3)29-23-21(20)22(28)26-19(27-23)12-25-14(2)16-8-10-18(24)11-9-16/h4-11,14,25H,12H2,1-3H3,(H,26,27,28)/t14-/m0/s1. The van der Waals surface area contributed by atoms with Gasteiger partial charge >= 0.3 is 0 Å². The number of benzene rings is 2. The number of rotatable bonds is 5. The quantitative estimate of drug-likeness (QED) is 0.428. The minimum absolute atomic E-state index is 0.0918. The van der Waals surface area contributed by atoms with Crippen molar-refractivity contribution < 1.29 is 0 Å². The highest BCUT2D eigenvalue weighted by Crippen LogP contribution is 2.35. The maximum Gasteiger partial charge on any atom is 0.260 e. The highest BCUT2D eigenvalue weighted by atomic mass is 35.5. The largest absolute Gasteiger partial charge is 0.309 e. The van der Waals surface area contributed by atoms with Crippen LogP contribution in [0.25, 0.3) is 21.3 Å². The number of nitrogens with zero attached hydrogens (tertiary/aromatic N) is 1. The Labute approximate surface area is 178 Å². The van der Waals surface area contributed by atoms with Crippen LogP contribution in [0.4, 0.5) is 0 Å². The molecule has 0 amide bonds. The van der Waals surface area contributed by atoms with Gasteiger partial charge < -0.3 is 10.3 Å². The van der Waals surface area contributed by atoms with Gasteiger partial charge in [0, 0.05) is 21.5 Å². The number of aryl methyl sites for hydroxylation is 2. The van der Waals surface area contributed by atoms with Gasteiger partial charge in [-0.25, -0.2) is 4.98 Å². The lowest BCUT2D eigenvalue weighted by molar-refractivity contribution is 0.559. The van der Waals surface area contributed by atoms with Gasteiger partial charge in [0.1, 0.15) is 10.7 Å². The molecular weight excluding hydrogens is 402 g/mol. The molecule has 0 aliphatic rings. The Balaban J connectivity index is 1.62. The monoisotopic (exact) mass is 423 g/mol. The average Bonchev–Trinajstić information content (AvgIpc) is 3.03. The molecule has 0 saturated heterocycles. The summed E-state index contributed by atoms with van der Waals surface area (Å²) in [4.78, 5) is 22.4. The van der Waals surface area contributed by atoms with Crippen LogP contribution in [0.15, 0.2) is 53.3 Å². The van der Waals surface area contributed by atoms with Crippen LogP contribution in [0.1, 0.15) is 34.8 Å². The normalized spacial score (nSPS) is 12.4. The van der Waals surface area contributed by atoms with Crippen LogP contribution < -0.4 is 10.9 Å². The van der Waals surface area contributed by atoms with Crippen molar-refractivity contribution in [2.24, 2.45) is 0 Å². The summed E-state index contributed by atoms with van der Waals surface area (Å²) < 4.78 is 0. The summed E-state index contributed by atoms with van der Waals surface area (Å²) in [7, 11) is 0. The second-order valence-corrected chi connectivity index (χ2v) is 8.89. The lowest BCUT2D eigenvalue weighted by atomic mass is 10.0. The molecule has 29 heavy (non-hydrogen) atoms. The van der Waals surface area contributed by atoms with Crippen LogP contribution >= 0.6 is 22.9 Å². The van der Waals surface area contributed by atoms with Gasteiger partial charge in [0.2, 0.25) is 0 Å². The van der Waals surface area contributed by atoms with Gasteiger partial charge in [0.25, 0.3) is 5.56 Å². The number of thiophene rings is 1. The SMILES string of the molecule is Cc1ccc(-c2c(C)sc3nc(CN[C@@H](C)c4ccc(Cl)cc4)[nH]c(=O)c23)cc1. The van der Waals surface area contributed by atoms with Gasteiger partial charge in [-0.15, -0.1) is 11.3 Å². The molecule has 0 fully saturated rings. The molecule has 148 valence electrons. The zero-order valence-electron chi connectivity index (χ0n) is 16.5. The van der Waals surface area contributed by atoms with E-state index in [1.54, 1.807) is 11.3 Å². The molecular formula is C23H22ClN3OS. The summed E-state index contributed by atoms with van der Waals surface area (Å²) in [5, 5.41) is 4.80. The second kappa shape index (κ2) is 8.11. The highest BCUT2D eigenvalue weighted by molar-refractivity contribution is 7.19. The number of halogens is 1. The third-order valence-electron chi connectivity index (χ3n) is 5.07. The molecule has 2 heterocycles. The van der Waals surface area contributed by atoms with E-state index >= 15 is 0 Å². The highest BCUT2D eigenvalue weighted by Gasteiger charge is 2.17. The molecule has 0 unspecified atom stereocenters. The number of fused-ring (bicyclic) bond motifs is 1. The van der Waals surface area contributed by atoms with E-state index in [1.165, 1.54) is 5.56 Å². The molecule has 0 aliphatic heterocycles. The molecule has 4 nitrogen and oxygen atoms in total. The van der Waals surface area contributed by atoms with Crippen molar-refractivity contribution >= 4 is 33.2 Å². The molecule has 0 bridgehead atoms. The van der Waals surface area contributed by atoms with Crippen molar-refractivity contribution in [1.29, 1.82) is 0 Å². The predicted octanol–water partition coefficient (Wildman–Crippen LogP) is 5.77. The molecule has 0 saturated carbocycles. The number of H-pyrrole nitrogens is 1. The summed E-state index contributed by atoms with van der Waals surface area (Å²) in [5.74, 6) is 0.639. The van der Waals surface area contributed by atoms with Crippen LogP contribution in [-0.2, 0) is 6.54 Å². The first kappa shape index (κ1) is 19.8. The molecule has 0 spiro atoms. The molecule has 1 atom stereocenters. The Kier molecular flexibility index (Phi) is 5.54. The lowest BCUT2D eigenvalue weighted by Crippen LogP contribution is -2.22. The Bertz CT molecular complexity index is 1210. The van der Waals surface area contributed by atoms with Gasteiger partial charge in [-0.1, -0.05) is 53.6 Å². The molecule has 4 aromatic rings. The Hall–Kier alpha value is -2.47. The van der Waals surface area contributed by atoms with E-state index in [1.807, 2.05) is 31.2 Å².